The van der Waals surface area contributed by atoms with Gasteiger partial charge in [0.2, 0.25) is 0 Å². The Labute approximate surface area is 103 Å². The van der Waals surface area contributed by atoms with Gasteiger partial charge in [-0.2, -0.15) is 0 Å². The lowest BCUT2D eigenvalue weighted by atomic mass is 9.87. The Balaban J connectivity index is 2.24. The summed E-state index contributed by atoms with van der Waals surface area (Å²) in [5.74, 6) is 0. The number of nitrogens with zero attached hydrogens (tertiary/aromatic N) is 3. The molecule has 1 N–H and O–H groups in total. The largest absolute Gasteiger partial charge is 0.385 e. The fourth-order valence-corrected chi connectivity index (χ4v) is 2.92. The SMILES string of the molecule is CCn1cnc(C(O)C2(N(C)C)CCCC2)c1. The standard InChI is InChI=1S/C13H23N3O/c1-4-16-9-11(14-10-16)12(17)13(15(2)3)7-5-6-8-13/h9-10,12,17H,4-8H2,1-3H3. The molecule has 1 aliphatic rings. The molecule has 0 amide bonds. The van der Waals surface area contributed by atoms with Crippen LogP contribution in [0.5, 0.6) is 0 Å². The third-order valence-corrected chi connectivity index (χ3v) is 4.17. The normalized spacial score (nSPS) is 21.0. The first-order valence-electron chi connectivity index (χ1n) is 6.47. The third kappa shape index (κ3) is 2.11. The van der Waals surface area contributed by atoms with Gasteiger partial charge in [-0.25, -0.2) is 4.98 Å². The van der Waals surface area contributed by atoms with Crippen molar-refractivity contribution in [1.82, 2.24) is 14.5 Å². The fourth-order valence-electron chi connectivity index (χ4n) is 2.92. The van der Waals surface area contributed by atoms with Crippen molar-refractivity contribution in [2.75, 3.05) is 14.1 Å². The van der Waals surface area contributed by atoms with Crippen molar-refractivity contribution in [1.29, 1.82) is 0 Å². The molecule has 4 nitrogen and oxygen atoms in total. The van der Waals surface area contributed by atoms with E-state index in [4.69, 9.17) is 0 Å². The number of hydrogen-bond acceptors (Lipinski definition) is 3. The minimum absolute atomic E-state index is 0.118. The number of hydrogen-bond donors (Lipinski definition) is 1. The van der Waals surface area contributed by atoms with Crippen molar-refractivity contribution < 1.29 is 5.11 Å². The van der Waals surface area contributed by atoms with Gasteiger partial charge in [-0.15, -0.1) is 0 Å². The zero-order chi connectivity index (χ0) is 12.5. The Morgan fingerprint density at radius 2 is 2.12 bits per heavy atom. The lowest BCUT2D eigenvalue weighted by Gasteiger charge is -2.39. The maximum atomic E-state index is 10.6. The van der Waals surface area contributed by atoms with E-state index in [0.717, 1.165) is 25.1 Å². The summed E-state index contributed by atoms with van der Waals surface area (Å²) in [7, 11) is 4.12. The average Bonchev–Trinajstić information content (AvgIpc) is 2.98. The molecule has 1 aromatic rings. The second-order valence-corrected chi connectivity index (χ2v) is 5.24. The van der Waals surface area contributed by atoms with Crippen LogP contribution in [0.3, 0.4) is 0 Å². The Kier molecular flexibility index (Phi) is 3.54. The highest BCUT2D eigenvalue weighted by Crippen LogP contribution is 2.42. The predicted octanol–water partition coefficient (Wildman–Crippen LogP) is 1.81. The molecule has 4 heteroatoms. The summed E-state index contributed by atoms with van der Waals surface area (Å²) in [4.78, 5) is 6.52. The van der Waals surface area contributed by atoms with Gasteiger partial charge >= 0.3 is 0 Å². The van der Waals surface area contributed by atoms with E-state index in [-0.39, 0.29) is 5.54 Å². The highest BCUT2D eigenvalue weighted by Gasteiger charge is 2.44. The van der Waals surface area contributed by atoms with Crippen LogP contribution in [0.2, 0.25) is 0 Å². The molecule has 1 aliphatic carbocycles. The number of rotatable bonds is 4. The fraction of sp³-hybridized carbons (Fsp3) is 0.769. The molecule has 1 saturated carbocycles. The van der Waals surface area contributed by atoms with Crippen LogP contribution >= 0.6 is 0 Å². The quantitative estimate of drug-likeness (QED) is 0.868. The molecular weight excluding hydrogens is 214 g/mol. The van der Waals surface area contributed by atoms with Crippen LogP contribution in [-0.4, -0.2) is 39.2 Å². The van der Waals surface area contributed by atoms with Crippen molar-refractivity contribution in [2.45, 2.75) is 50.8 Å². The first-order chi connectivity index (χ1) is 8.10. The summed E-state index contributed by atoms with van der Waals surface area (Å²) < 4.78 is 2.01. The van der Waals surface area contributed by atoms with Gasteiger partial charge in [0.25, 0.3) is 0 Å². The van der Waals surface area contributed by atoms with Gasteiger partial charge in [-0.05, 0) is 33.9 Å². The third-order valence-electron chi connectivity index (χ3n) is 4.17. The minimum Gasteiger partial charge on any atom is -0.385 e. The number of aryl methyl sites for hydroxylation is 1. The summed E-state index contributed by atoms with van der Waals surface area (Å²) in [6.45, 7) is 2.98. The Hall–Kier alpha value is -0.870. The number of likely N-dealkylation sites (N-methyl/N-ethyl adjacent to an activating group) is 1. The molecule has 0 aromatic carbocycles. The summed E-state index contributed by atoms with van der Waals surface area (Å²) in [5, 5.41) is 10.6. The first kappa shape index (κ1) is 12.6. The Morgan fingerprint density at radius 3 is 2.59 bits per heavy atom. The molecule has 1 aromatic heterocycles. The monoisotopic (exact) mass is 237 g/mol. The molecule has 0 saturated heterocycles. The van der Waals surface area contributed by atoms with Crippen LogP contribution in [0.25, 0.3) is 0 Å². The first-order valence-corrected chi connectivity index (χ1v) is 6.47. The van der Waals surface area contributed by atoms with E-state index in [0.29, 0.717) is 0 Å². The van der Waals surface area contributed by atoms with Crippen molar-refractivity contribution in [2.24, 2.45) is 0 Å². The topological polar surface area (TPSA) is 41.3 Å². The molecule has 0 bridgehead atoms. The van der Waals surface area contributed by atoms with Crippen LogP contribution < -0.4 is 0 Å². The summed E-state index contributed by atoms with van der Waals surface area (Å²) in [6, 6.07) is 0. The molecule has 1 heterocycles. The van der Waals surface area contributed by atoms with Crippen LogP contribution in [0.1, 0.15) is 44.4 Å². The molecule has 0 aliphatic heterocycles. The number of aliphatic hydroxyl groups is 1. The molecule has 1 atom stereocenters. The summed E-state index contributed by atoms with van der Waals surface area (Å²) in [6.07, 6.45) is 7.80. The van der Waals surface area contributed by atoms with Crippen LogP contribution in [0.15, 0.2) is 12.5 Å². The Bertz CT molecular complexity index is 366. The van der Waals surface area contributed by atoms with Crippen molar-refractivity contribution in [3.63, 3.8) is 0 Å². The maximum Gasteiger partial charge on any atom is 0.116 e. The predicted molar refractivity (Wildman–Crippen MR) is 67.7 cm³/mol. The number of aliphatic hydroxyl groups excluding tert-OH is 1. The maximum absolute atomic E-state index is 10.6. The second kappa shape index (κ2) is 4.78. The highest BCUT2D eigenvalue weighted by molar-refractivity contribution is 5.12. The van der Waals surface area contributed by atoms with E-state index >= 15 is 0 Å². The zero-order valence-electron chi connectivity index (χ0n) is 11.1. The van der Waals surface area contributed by atoms with E-state index in [9.17, 15) is 5.11 Å². The molecule has 1 unspecified atom stereocenters. The van der Waals surface area contributed by atoms with Crippen LogP contribution in [0.4, 0.5) is 0 Å². The van der Waals surface area contributed by atoms with Crippen LogP contribution in [0, 0.1) is 0 Å². The molecule has 17 heavy (non-hydrogen) atoms. The van der Waals surface area contributed by atoms with Gasteiger partial charge in [0.05, 0.1) is 17.6 Å². The molecule has 96 valence electrons. The lowest BCUT2D eigenvalue weighted by Crippen LogP contribution is -2.47. The Morgan fingerprint density at radius 1 is 1.47 bits per heavy atom. The van der Waals surface area contributed by atoms with E-state index < -0.39 is 6.10 Å². The van der Waals surface area contributed by atoms with E-state index in [1.165, 1.54) is 12.8 Å². The molecular formula is C13H23N3O. The van der Waals surface area contributed by atoms with Crippen molar-refractivity contribution in [3.05, 3.63) is 18.2 Å². The smallest absolute Gasteiger partial charge is 0.116 e. The summed E-state index contributed by atoms with van der Waals surface area (Å²) in [5.41, 5.74) is 0.690. The van der Waals surface area contributed by atoms with Crippen molar-refractivity contribution in [3.8, 4) is 0 Å². The van der Waals surface area contributed by atoms with Gasteiger partial charge in [-0.1, -0.05) is 12.8 Å². The highest BCUT2D eigenvalue weighted by atomic mass is 16.3. The summed E-state index contributed by atoms with van der Waals surface area (Å²) >= 11 is 0. The number of aromatic nitrogens is 2. The average molecular weight is 237 g/mol. The zero-order valence-corrected chi connectivity index (χ0v) is 11.1. The van der Waals surface area contributed by atoms with Crippen LogP contribution in [-0.2, 0) is 6.54 Å². The molecule has 0 spiro atoms. The van der Waals surface area contributed by atoms with Gasteiger partial charge in [0.15, 0.2) is 0 Å². The van der Waals surface area contributed by atoms with Gasteiger partial charge in [-0.3, -0.25) is 0 Å². The second-order valence-electron chi connectivity index (χ2n) is 5.24. The number of imidazole rings is 1. The molecule has 1 fully saturated rings. The van der Waals surface area contributed by atoms with E-state index in [1.54, 1.807) is 6.33 Å². The minimum atomic E-state index is -0.479. The van der Waals surface area contributed by atoms with Gasteiger partial charge in [0, 0.05) is 12.7 Å². The van der Waals surface area contributed by atoms with Gasteiger partial charge < -0.3 is 14.6 Å². The lowest BCUT2D eigenvalue weighted by molar-refractivity contribution is -0.00710. The van der Waals surface area contributed by atoms with Crippen molar-refractivity contribution >= 4 is 0 Å². The van der Waals surface area contributed by atoms with Gasteiger partial charge in [0.1, 0.15) is 6.10 Å². The van der Waals surface area contributed by atoms with E-state index in [2.05, 4.69) is 30.9 Å². The molecule has 0 radical (unpaired) electrons. The van der Waals surface area contributed by atoms with E-state index in [1.807, 2.05) is 10.8 Å². The molecule has 2 rings (SSSR count).